The van der Waals surface area contributed by atoms with Gasteiger partial charge in [-0.2, -0.15) is 10.5 Å². The van der Waals surface area contributed by atoms with Crippen molar-refractivity contribution in [1.29, 1.82) is 10.5 Å². The number of ether oxygens (including phenoxy) is 1. The maximum Gasteiger partial charge on any atom is 0.262 e. The summed E-state index contributed by atoms with van der Waals surface area (Å²) in [4.78, 5) is 14.9. The van der Waals surface area contributed by atoms with Crippen molar-refractivity contribution >= 4 is 11.8 Å². The van der Waals surface area contributed by atoms with Crippen LogP contribution in [0.2, 0.25) is 0 Å². The molecule has 2 rings (SSSR count). The number of carbonyl (C=O) groups is 1. The van der Waals surface area contributed by atoms with E-state index < -0.39 is 29.1 Å². The van der Waals surface area contributed by atoms with E-state index in [-0.39, 0.29) is 0 Å². The van der Waals surface area contributed by atoms with Crippen molar-refractivity contribution in [3.63, 3.8) is 0 Å². The van der Waals surface area contributed by atoms with Gasteiger partial charge in [-0.25, -0.2) is 4.99 Å². The van der Waals surface area contributed by atoms with E-state index in [0.29, 0.717) is 26.1 Å². The summed E-state index contributed by atoms with van der Waals surface area (Å²) < 4.78 is 5.18. The van der Waals surface area contributed by atoms with Crippen LogP contribution in [0.25, 0.3) is 0 Å². The Balaban J connectivity index is 2.51. The van der Waals surface area contributed by atoms with Crippen molar-refractivity contribution in [1.82, 2.24) is 0 Å². The molecule has 0 saturated carbocycles. The van der Waals surface area contributed by atoms with Crippen LogP contribution in [-0.4, -0.2) is 25.0 Å². The molecule has 17 heavy (non-hydrogen) atoms. The second-order valence-corrected chi connectivity index (χ2v) is 4.26. The molecule has 88 valence electrons. The van der Waals surface area contributed by atoms with Crippen molar-refractivity contribution in [2.45, 2.75) is 12.8 Å². The lowest BCUT2D eigenvalue weighted by Crippen LogP contribution is -2.53. The molecule has 2 atom stereocenters. The lowest BCUT2D eigenvalue weighted by Gasteiger charge is -2.46. The monoisotopic (exact) mass is 232 g/mol. The van der Waals surface area contributed by atoms with Crippen LogP contribution in [0.3, 0.4) is 0 Å². The molecule has 2 heterocycles. The highest BCUT2D eigenvalue weighted by Crippen LogP contribution is 2.47. The van der Waals surface area contributed by atoms with Gasteiger partial charge in [0.25, 0.3) is 5.91 Å². The molecule has 1 saturated heterocycles. The molecule has 1 amide bonds. The number of hydrogen-bond acceptors (Lipinski definition) is 5. The summed E-state index contributed by atoms with van der Waals surface area (Å²) in [6.45, 7) is 0.716. The zero-order valence-electron chi connectivity index (χ0n) is 9.05. The van der Waals surface area contributed by atoms with Crippen molar-refractivity contribution in [3.05, 3.63) is 0 Å². The van der Waals surface area contributed by atoms with Gasteiger partial charge < -0.3 is 9.84 Å². The lowest BCUT2D eigenvalue weighted by atomic mass is 9.61. The molecule has 2 aliphatic rings. The van der Waals surface area contributed by atoms with Gasteiger partial charge >= 0.3 is 0 Å². The van der Waals surface area contributed by atoms with Gasteiger partial charge in [-0.1, -0.05) is 0 Å². The van der Waals surface area contributed by atoms with Crippen LogP contribution >= 0.6 is 0 Å². The Morgan fingerprint density at radius 3 is 2.41 bits per heavy atom. The van der Waals surface area contributed by atoms with Crippen LogP contribution in [0.15, 0.2) is 4.99 Å². The molecular formula is C11H10N3O3-. The predicted molar refractivity (Wildman–Crippen MR) is 53.1 cm³/mol. The summed E-state index contributed by atoms with van der Waals surface area (Å²) in [5.41, 5.74) is -0.905. The smallest absolute Gasteiger partial charge is 0.262 e. The topological polar surface area (TPSA) is 109 Å². The molecule has 0 aromatic heterocycles. The van der Waals surface area contributed by atoms with Crippen LogP contribution in [0.5, 0.6) is 0 Å². The van der Waals surface area contributed by atoms with Gasteiger partial charge in [-0.05, 0) is 18.7 Å². The first-order valence-corrected chi connectivity index (χ1v) is 5.32. The molecule has 6 heteroatoms. The third kappa shape index (κ3) is 1.58. The quantitative estimate of drug-likeness (QED) is 0.551. The van der Waals surface area contributed by atoms with E-state index in [0.717, 1.165) is 0 Å². The number of carbonyl (C=O) groups excluding carboxylic acids is 1. The maximum absolute atomic E-state index is 11.6. The van der Waals surface area contributed by atoms with Crippen LogP contribution in [-0.2, 0) is 9.53 Å². The van der Waals surface area contributed by atoms with Gasteiger partial charge in [0.15, 0.2) is 0 Å². The largest absolute Gasteiger partial charge is 0.861 e. The van der Waals surface area contributed by atoms with Gasteiger partial charge in [0.05, 0.1) is 18.1 Å². The van der Waals surface area contributed by atoms with Crippen LogP contribution < -0.4 is 5.11 Å². The van der Waals surface area contributed by atoms with E-state index in [1.54, 1.807) is 0 Å². The molecule has 0 radical (unpaired) electrons. The average molecular weight is 232 g/mol. The van der Waals surface area contributed by atoms with Crippen molar-refractivity contribution in [2.75, 3.05) is 13.2 Å². The highest BCUT2D eigenvalue weighted by molar-refractivity contribution is 5.98. The Kier molecular flexibility index (Phi) is 2.83. The van der Waals surface area contributed by atoms with E-state index in [9.17, 15) is 9.90 Å². The fraction of sp³-hybridized carbons (Fsp3) is 0.636. The highest BCUT2D eigenvalue weighted by atomic mass is 16.5. The Morgan fingerprint density at radius 2 is 1.88 bits per heavy atom. The van der Waals surface area contributed by atoms with Crippen LogP contribution in [0, 0.1) is 39.9 Å². The zero-order chi connectivity index (χ0) is 12.5. The fourth-order valence-electron chi connectivity index (χ4n) is 2.59. The number of nitrogens with zero attached hydrogens (tertiary/aromatic N) is 3. The van der Waals surface area contributed by atoms with Gasteiger partial charge in [0.2, 0.25) is 0 Å². The summed E-state index contributed by atoms with van der Waals surface area (Å²) >= 11 is 0. The molecule has 2 aliphatic heterocycles. The maximum atomic E-state index is 11.6. The highest BCUT2D eigenvalue weighted by Gasteiger charge is 2.52. The standard InChI is InChI=1S/C11H11N3O3/c12-5-7-9(15)14-10(16)8(6-13)11(7)1-3-17-4-2-11/h7-8H,1-4H2,(H,14,15,16)/p-1. The van der Waals surface area contributed by atoms with Crippen molar-refractivity contribution in [2.24, 2.45) is 22.2 Å². The number of amides is 1. The van der Waals surface area contributed by atoms with E-state index in [4.69, 9.17) is 15.3 Å². The summed E-state index contributed by atoms with van der Waals surface area (Å²) in [7, 11) is 0. The molecular weight excluding hydrogens is 222 g/mol. The second kappa shape index (κ2) is 4.15. The first-order valence-electron chi connectivity index (χ1n) is 5.32. The summed E-state index contributed by atoms with van der Waals surface area (Å²) in [6.07, 6.45) is 0.743. The van der Waals surface area contributed by atoms with Gasteiger partial charge in [-0.3, -0.25) is 4.79 Å². The Hall–Kier alpha value is -1.92. The molecule has 0 bridgehead atoms. The van der Waals surface area contributed by atoms with Crippen molar-refractivity contribution < 1.29 is 14.6 Å². The minimum Gasteiger partial charge on any atom is -0.861 e. The Labute approximate surface area is 98.1 Å². The van der Waals surface area contributed by atoms with Gasteiger partial charge in [0, 0.05) is 18.6 Å². The molecule has 1 spiro atoms. The third-order valence-corrected chi connectivity index (χ3v) is 3.55. The van der Waals surface area contributed by atoms with E-state index in [2.05, 4.69) is 4.99 Å². The van der Waals surface area contributed by atoms with Crippen LogP contribution in [0.4, 0.5) is 0 Å². The lowest BCUT2D eigenvalue weighted by molar-refractivity contribution is -0.230. The first kappa shape index (κ1) is 11.6. The number of rotatable bonds is 0. The van der Waals surface area contributed by atoms with E-state index in [1.165, 1.54) is 0 Å². The molecule has 0 N–H and O–H groups in total. The molecule has 2 unspecified atom stereocenters. The second-order valence-electron chi connectivity index (χ2n) is 4.26. The fourth-order valence-corrected chi connectivity index (χ4v) is 2.59. The minimum absolute atomic E-state index is 0.358. The van der Waals surface area contributed by atoms with Gasteiger partial charge in [-0.15, -0.1) is 0 Å². The van der Waals surface area contributed by atoms with E-state index >= 15 is 0 Å². The SMILES string of the molecule is N#CC1C(=O)N=C([O-])C(C#N)C12CCOCC2. The molecule has 0 aromatic rings. The molecule has 0 aromatic carbocycles. The summed E-state index contributed by atoms with van der Waals surface area (Å²) in [5, 5.41) is 29.8. The van der Waals surface area contributed by atoms with Crippen molar-refractivity contribution in [3.8, 4) is 12.1 Å². The zero-order valence-corrected chi connectivity index (χ0v) is 9.05. The summed E-state index contributed by atoms with van der Waals surface area (Å²) in [5.74, 6) is -3.45. The molecule has 1 fully saturated rings. The molecule has 6 nitrogen and oxygen atoms in total. The predicted octanol–water partition coefficient (Wildman–Crippen LogP) is -0.638. The molecule has 0 aliphatic carbocycles. The normalized spacial score (nSPS) is 31.4. The summed E-state index contributed by atoms with van der Waals surface area (Å²) in [6, 6.07) is 3.79. The minimum atomic E-state index is -1.01. The average Bonchev–Trinajstić information content (AvgIpc) is 2.30. The number of nitriles is 2. The number of aliphatic imine (C=N–C) groups is 1. The number of hydrogen-bond donors (Lipinski definition) is 0. The first-order chi connectivity index (χ1) is 8.15. The Bertz CT molecular complexity index is 452. The van der Waals surface area contributed by atoms with Gasteiger partial charge in [0.1, 0.15) is 5.92 Å². The third-order valence-electron chi connectivity index (χ3n) is 3.55. The Morgan fingerprint density at radius 1 is 1.29 bits per heavy atom. The van der Waals surface area contributed by atoms with E-state index in [1.807, 2.05) is 12.1 Å². The van der Waals surface area contributed by atoms with Crippen LogP contribution in [0.1, 0.15) is 12.8 Å².